The van der Waals surface area contributed by atoms with Crippen LogP contribution in [-0.2, 0) is 6.18 Å². The molecular formula is C13H8Br3F3S. The molecule has 1 aromatic heterocycles. The van der Waals surface area contributed by atoms with Gasteiger partial charge in [0.1, 0.15) is 0 Å². The highest BCUT2D eigenvalue weighted by atomic mass is 79.9. The van der Waals surface area contributed by atoms with Gasteiger partial charge in [0, 0.05) is 9.35 Å². The molecule has 1 atom stereocenters. The molecule has 0 aliphatic carbocycles. The Balaban J connectivity index is 2.46. The molecule has 7 heteroatoms. The lowest BCUT2D eigenvalue weighted by Crippen LogP contribution is -2.06. The molecule has 0 saturated carbocycles. The molecule has 2 aromatic rings. The van der Waals surface area contributed by atoms with Crippen molar-refractivity contribution in [1.82, 2.24) is 0 Å². The Hall–Kier alpha value is 0.150. The number of hydrogen-bond donors (Lipinski definition) is 0. The second-order valence-corrected chi connectivity index (χ2v) is 8.37. The van der Waals surface area contributed by atoms with Crippen LogP contribution in [0.4, 0.5) is 13.2 Å². The predicted octanol–water partition coefficient (Wildman–Crippen LogP) is 7.08. The first-order valence-corrected chi connectivity index (χ1v) is 8.78. The zero-order valence-corrected chi connectivity index (χ0v) is 15.6. The molecule has 0 saturated heterocycles. The van der Waals surface area contributed by atoms with Gasteiger partial charge in [-0.15, -0.1) is 11.3 Å². The lowest BCUT2D eigenvalue weighted by atomic mass is 10.1. The Morgan fingerprint density at radius 2 is 1.80 bits per heavy atom. The van der Waals surface area contributed by atoms with E-state index in [0.717, 1.165) is 20.3 Å². The average molecular weight is 493 g/mol. The van der Waals surface area contributed by atoms with E-state index >= 15 is 0 Å². The van der Waals surface area contributed by atoms with E-state index in [2.05, 4.69) is 47.8 Å². The molecule has 0 radical (unpaired) electrons. The summed E-state index contributed by atoms with van der Waals surface area (Å²) in [6, 6.07) is 5.64. The zero-order valence-electron chi connectivity index (χ0n) is 10.1. The number of alkyl halides is 4. The van der Waals surface area contributed by atoms with Gasteiger partial charge < -0.3 is 0 Å². The number of thiophene rings is 1. The first-order chi connectivity index (χ1) is 9.20. The third-order valence-corrected chi connectivity index (χ3v) is 6.94. The molecule has 2 rings (SSSR count). The van der Waals surface area contributed by atoms with Gasteiger partial charge in [-0.3, -0.25) is 0 Å². The first kappa shape index (κ1) is 16.5. The summed E-state index contributed by atoms with van der Waals surface area (Å²) in [5.74, 6) is 0. The zero-order chi connectivity index (χ0) is 15.1. The summed E-state index contributed by atoms with van der Waals surface area (Å²) < 4.78 is 40.0. The van der Waals surface area contributed by atoms with E-state index in [1.54, 1.807) is 0 Å². The van der Waals surface area contributed by atoms with Crippen molar-refractivity contribution in [1.29, 1.82) is 0 Å². The van der Waals surface area contributed by atoms with Crippen molar-refractivity contribution in [3.05, 3.63) is 54.1 Å². The Bertz CT molecular complexity index is 615. The van der Waals surface area contributed by atoms with Crippen LogP contribution in [0.25, 0.3) is 0 Å². The molecule has 0 aliphatic heterocycles. The van der Waals surface area contributed by atoms with Crippen molar-refractivity contribution in [2.45, 2.75) is 17.9 Å². The monoisotopic (exact) mass is 490 g/mol. The van der Waals surface area contributed by atoms with Crippen LogP contribution in [0.2, 0.25) is 0 Å². The molecule has 1 heterocycles. The fourth-order valence-corrected chi connectivity index (χ4v) is 4.82. The summed E-state index contributed by atoms with van der Waals surface area (Å²) in [4.78, 5) is 0.670. The molecule has 0 fully saturated rings. The van der Waals surface area contributed by atoms with Crippen LogP contribution in [0.1, 0.15) is 26.4 Å². The van der Waals surface area contributed by atoms with Crippen LogP contribution in [0, 0.1) is 6.92 Å². The maximum absolute atomic E-state index is 12.8. The van der Waals surface area contributed by atoms with Crippen LogP contribution in [0.15, 0.2) is 32.5 Å². The number of halogens is 6. The van der Waals surface area contributed by atoms with E-state index in [-0.39, 0.29) is 4.83 Å². The van der Waals surface area contributed by atoms with E-state index in [4.69, 9.17) is 0 Å². The van der Waals surface area contributed by atoms with Gasteiger partial charge in [-0.25, -0.2) is 0 Å². The maximum atomic E-state index is 12.8. The standard InChI is InChI=1S/C13H8Br3F3S/c1-6-4-10(20-12(6)16)11(15)8-5-7(13(17,18)19)2-3-9(8)14/h2-5,11H,1H3. The molecule has 0 nitrogen and oxygen atoms in total. The Labute approximate surface area is 143 Å². The quantitative estimate of drug-likeness (QED) is 0.393. The lowest BCUT2D eigenvalue weighted by molar-refractivity contribution is -0.137. The smallest absolute Gasteiger partial charge is 0.166 e. The summed E-state index contributed by atoms with van der Waals surface area (Å²) >= 11 is 11.7. The Kier molecular flexibility index (Phi) is 5.04. The molecule has 0 amide bonds. The first-order valence-electron chi connectivity index (χ1n) is 5.46. The van der Waals surface area contributed by atoms with E-state index < -0.39 is 11.7 Å². The molecular weight excluding hydrogens is 485 g/mol. The molecule has 20 heavy (non-hydrogen) atoms. The van der Waals surface area contributed by atoms with Crippen molar-refractivity contribution in [2.75, 3.05) is 0 Å². The molecule has 1 unspecified atom stereocenters. The van der Waals surface area contributed by atoms with E-state index in [1.807, 2.05) is 13.0 Å². The SMILES string of the molecule is Cc1cc(C(Br)c2cc(C(F)(F)F)ccc2Br)sc1Br. The van der Waals surface area contributed by atoms with Gasteiger partial charge in [-0.05, 0) is 58.2 Å². The topological polar surface area (TPSA) is 0 Å². The highest BCUT2D eigenvalue weighted by molar-refractivity contribution is 9.11. The molecule has 1 aromatic carbocycles. The van der Waals surface area contributed by atoms with Crippen molar-refractivity contribution < 1.29 is 13.2 Å². The molecule has 108 valence electrons. The van der Waals surface area contributed by atoms with Gasteiger partial charge in [0.2, 0.25) is 0 Å². The molecule has 0 spiro atoms. The molecule has 0 aliphatic rings. The highest BCUT2D eigenvalue weighted by Gasteiger charge is 2.31. The Morgan fingerprint density at radius 3 is 2.30 bits per heavy atom. The number of benzene rings is 1. The van der Waals surface area contributed by atoms with E-state index in [0.29, 0.717) is 10.0 Å². The van der Waals surface area contributed by atoms with Crippen molar-refractivity contribution in [3.8, 4) is 0 Å². The summed E-state index contributed by atoms with van der Waals surface area (Å²) in [5.41, 5.74) is 0.985. The normalized spacial score (nSPS) is 13.6. The van der Waals surface area contributed by atoms with Crippen LogP contribution in [-0.4, -0.2) is 0 Å². The highest BCUT2D eigenvalue weighted by Crippen LogP contribution is 2.43. The molecule has 0 N–H and O–H groups in total. The second-order valence-electron chi connectivity index (χ2n) is 4.20. The van der Waals surface area contributed by atoms with E-state index in [1.165, 1.54) is 23.5 Å². The predicted molar refractivity (Wildman–Crippen MR) is 86.7 cm³/mol. The van der Waals surface area contributed by atoms with Crippen LogP contribution >= 0.6 is 59.1 Å². The number of rotatable bonds is 2. The van der Waals surface area contributed by atoms with Crippen molar-refractivity contribution in [3.63, 3.8) is 0 Å². The summed E-state index contributed by atoms with van der Waals surface area (Å²) in [5, 5.41) is 0. The van der Waals surface area contributed by atoms with Crippen LogP contribution < -0.4 is 0 Å². The second kappa shape index (κ2) is 6.10. The lowest BCUT2D eigenvalue weighted by Gasteiger charge is -2.14. The minimum absolute atomic E-state index is 0.283. The van der Waals surface area contributed by atoms with Gasteiger partial charge >= 0.3 is 6.18 Å². The van der Waals surface area contributed by atoms with Gasteiger partial charge in [0.25, 0.3) is 0 Å². The summed E-state index contributed by atoms with van der Waals surface area (Å²) in [6.07, 6.45) is -4.34. The minimum Gasteiger partial charge on any atom is -0.166 e. The van der Waals surface area contributed by atoms with Crippen LogP contribution in [0.5, 0.6) is 0 Å². The number of aryl methyl sites for hydroxylation is 1. The van der Waals surface area contributed by atoms with Crippen molar-refractivity contribution >= 4 is 59.1 Å². The average Bonchev–Trinajstić information content (AvgIpc) is 2.68. The van der Waals surface area contributed by atoms with Gasteiger partial charge in [0.05, 0.1) is 14.2 Å². The largest absolute Gasteiger partial charge is 0.416 e. The summed E-state index contributed by atoms with van der Waals surface area (Å²) in [7, 11) is 0. The Morgan fingerprint density at radius 1 is 1.15 bits per heavy atom. The van der Waals surface area contributed by atoms with Gasteiger partial charge in [0.15, 0.2) is 0 Å². The fraction of sp³-hybridized carbons (Fsp3) is 0.231. The summed E-state index contributed by atoms with van der Waals surface area (Å²) in [6.45, 7) is 1.95. The fourth-order valence-electron chi connectivity index (χ4n) is 1.68. The van der Waals surface area contributed by atoms with Gasteiger partial charge in [-0.2, -0.15) is 13.2 Å². The van der Waals surface area contributed by atoms with Crippen molar-refractivity contribution in [2.24, 2.45) is 0 Å². The maximum Gasteiger partial charge on any atom is 0.416 e. The van der Waals surface area contributed by atoms with E-state index in [9.17, 15) is 13.2 Å². The minimum atomic E-state index is -4.34. The van der Waals surface area contributed by atoms with Gasteiger partial charge in [-0.1, -0.05) is 31.9 Å². The molecule has 0 bridgehead atoms. The number of hydrogen-bond acceptors (Lipinski definition) is 1. The third kappa shape index (κ3) is 3.48. The van der Waals surface area contributed by atoms with Crippen LogP contribution in [0.3, 0.4) is 0 Å². The third-order valence-electron chi connectivity index (χ3n) is 2.72.